The van der Waals surface area contributed by atoms with Gasteiger partial charge in [-0.1, -0.05) is 78.9 Å². The molecule has 1 atom stereocenters. The maximum absolute atomic E-state index is 14.1. The first-order valence-corrected chi connectivity index (χ1v) is 12.3. The van der Waals surface area contributed by atoms with E-state index < -0.39 is 15.9 Å². The number of para-hydroxylation sites is 1. The Hall–Kier alpha value is -4.03. The number of hydrogen-bond donors (Lipinski definition) is 0. The first-order valence-electron chi connectivity index (χ1n) is 10.9. The third-order valence-electron chi connectivity index (χ3n) is 5.72. The Kier molecular flexibility index (Phi) is 5.82. The highest BCUT2D eigenvalue weighted by atomic mass is 32.2. The maximum Gasteiger partial charge on any atom is 0.209 e. The van der Waals surface area contributed by atoms with Gasteiger partial charge in [-0.3, -0.25) is 0 Å². The molecule has 1 aliphatic heterocycles. The Morgan fingerprint density at radius 3 is 1.88 bits per heavy atom. The van der Waals surface area contributed by atoms with Crippen LogP contribution >= 0.6 is 0 Å². The zero-order chi connectivity index (χ0) is 23.5. The van der Waals surface area contributed by atoms with Crippen molar-refractivity contribution in [2.45, 2.75) is 10.9 Å². The molecule has 1 heterocycles. The van der Waals surface area contributed by atoms with Gasteiger partial charge in [-0.25, -0.2) is 8.42 Å². The van der Waals surface area contributed by atoms with Crippen molar-refractivity contribution < 1.29 is 18.0 Å². The van der Waals surface area contributed by atoms with E-state index in [0.29, 0.717) is 17.1 Å². The van der Waals surface area contributed by atoms with Crippen molar-refractivity contribution in [1.82, 2.24) is 0 Å². The zero-order valence-electron chi connectivity index (χ0n) is 18.5. The quantitative estimate of drug-likeness (QED) is 0.345. The molecule has 4 aromatic rings. The van der Waals surface area contributed by atoms with Crippen LogP contribution < -0.4 is 9.80 Å². The third-order valence-corrected chi connectivity index (χ3v) is 7.60. The normalized spacial score (nSPS) is 15.8. The number of nitrogens with zero attached hydrogens (tertiary/aromatic N) is 1. The van der Waals surface area contributed by atoms with Crippen LogP contribution in [0.4, 0.5) is 5.69 Å². The Morgan fingerprint density at radius 1 is 0.735 bits per heavy atom. The number of rotatable bonds is 6. The van der Waals surface area contributed by atoms with Crippen LogP contribution in [-0.4, -0.2) is 15.5 Å². The molecule has 0 N–H and O–H groups in total. The van der Waals surface area contributed by atoms with Gasteiger partial charge >= 0.3 is 0 Å². The first-order chi connectivity index (χ1) is 16.6. The zero-order valence-corrected chi connectivity index (χ0v) is 19.4. The number of anilines is 1. The van der Waals surface area contributed by atoms with Crippen molar-refractivity contribution in [2.24, 2.45) is 0 Å². The van der Waals surface area contributed by atoms with Crippen LogP contribution in [0.25, 0.3) is 5.76 Å². The topological polar surface area (TPSA) is 55.8 Å². The lowest BCUT2D eigenvalue weighted by Gasteiger charge is -2.27. The predicted molar refractivity (Wildman–Crippen MR) is 133 cm³/mol. The van der Waals surface area contributed by atoms with Gasteiger partial charge in [0.2, 0.25) is 9.84 Å². The molecule has 170 valence electrons. The molecular formula is C28H23NO4S. The summed E-state index contributed by atoms with van der Waals surface area (Å²) in [6.07, 6.45) is 0. The maximum atomic E-state index is 14.1. The van der Waals surface area contributed by atoms with Gasteiger partial charge in [0.05, 0.1) is 17.7 Å². The molecule has 0 bridgehead atoms. The van der Waals surface area contributed by atoms with Gasteiger partial charge in [0.25, 0.3) is 0 Å². The Morgan fingerprint density at radius 2 is 1.29 bits per heavy atom. The number of sulfone groups is 1. The summed E-state index contributed by atoms with van der Waals surface area (Å²) in [5, 5.41) is 1.67. The summed E-state index contributed by atoms with van der Waals surface area (Å²) in [6.45, 7) is 0. The van der Waals surface area contributed by atoms with Crippen LogP contribution in [0.15, 0.2) is 125 Å². The minimum absolute atomic E-state index is 0.193. The number of hydroxylamine groups is 1. The molecule has 0 radical (unpaired) electrons. The first kappa shape index (κ1) is 21.8. The Labute approximate surface area is 199 Å². The van der Waals surface area contributed by atoms with E-state index >= 15 is 0 Å². The SMILES string of the molecule is COc1ccc(C2C(S(=O)(=O)c3ccccc3)=C(c3ccccc3)ON2c2ccccc2)cc1. The summed E-state index contributed by atoms with van der Waals surface area (Å²) in [7, 11) is -2.31. The monoisotopic (exact) mass is 469 g/mol. The predicted octanol–water partition coefficient (Wildman–Crippen LogP) is 6.03. The highest BCUT2D eigenvalue weighted by Crippen LogP contribution is 2.48. The Bertz CT molecular complexity index is 1400. The van der Waals surface area contributed by atoms with Crippen LogP contribution in [0.3, 0.4) is 0 Å². The highest BCUT2D eigenvalue weighted by Gasteiger charge is 2.44. The summed E-state index contributed by atoms with van der Waals surface area (Å²) in [6, 6.07) is 34.0. The van der Waals surface area contributed by atoms with Crippen LogP contribution in [0.1, 0.15) is 17.2 Å². The van der Waals surface area contributed by atoms with E-state index in [1.54, 1.807) is 42.5 Å². The molecule has 5 nitrogen and oxygen atoms in total. The largest absolute Gasteiger partial charge is 0.497 e. The van der Waals surface area contributed by atoms with E-state index in [4.69, 9.17) is 9.57 Å². The van der Waals surface area contributed by atoms with Gasteiger partial charge < -0.3 is 9.57 Å². The molecule has 1 unspecified atom stereocenters. The Balaban J connectivity index is 1.77. The third kappa shape index (κ3) is 3.93. The molecule has 0 aromatic heterocycles. The fraction of sp³-hybridized carbons (Fsp3) is 0.0714. The lowest BCUT2D eigenvalue weighted by atomic mass is 10.0. The lowest BCUT2D eigenvalue weighted by molar-refractivity contribution is 0.246. The molecule has 5 rings (SSSR count). The number of benzene rings is 4. The summed E-state index contributed by atoms with van der Waals surface area (Å²) < 4.78 is 33.5. The molecule has 4 aromatic carbocycles. The standard InChI is InChI=1S/C28H23NO4S/c1-32-24-19-17-21(18-20-24)26-28(34(30,31)25-15-9-4-10-16-25)27(22-11-5-2-6-12-22)33-29(26)23-13-7-3-8-14-23/h2-20,26H,1H3. The molecule has 0 amide bonds. The van der Waals surface area contributed by atoms with Gasteiger partial charge in [-0.05, 0) is 42.0 Å². The molecule has 0 aliphatic carbocycles. The van der Waals surface area contributed by atoms with Gasteiger partial charge in [-0.15, -0.1) is 0 Å². The second kappa shape index (κ2) is 9.08. The van der Waals surface area contributed by atoms with E-state index in [-0.39, 0.29) is 9.80 Å². The summed E-state index contributed by atoms with van der Waals surface area (Å²) in [5.74, 6) is 1.00. The smallest absolute Gasteiger partial charge is 0.209 e. The van der Waals surface area contributed by atoms with Crippen molar-refractivity contribution in [1.29, 1.82) is 0 Å². The van der Waals surface area contributed by atoms with Crippen LogP contribution in [0.2, 0.25) is 0 Å². The van der Waals surface area contributed by atoms with E-state index in [0.717, 1.165) is 11.3 Å². The molecule has 6 heteroatoms. The van der Waals surface area contributed by atoms with Crippen LogP contribution in [-0.2, 0) is 14.7 Å². The van der Waals surface area contributed by atoms with Gasteiger partial charge in [0, 0.05) is 5.56 Å². The van der Waals surface area contributed by atoms with Crippen molar-refractivity contribution in [3.05, 3.63) is 131 Å². The molecule has 0 saturated carbocycles. The number of hydrogen-bond acceptors (Lipinski definition) is 5. The van der Waals surface area contributed by atoms with E-state index in [2.05, 4.69) is 0 Å². The van der Waals surface area contributed by atoms with Gasteiger partial charge in [-0.2, -0.15) is 5.06 Å². The van der Waals surface area contributed by atoms with Gasteiger partial charge in [0.1, 0.15) is 16.7 Å². The van der Waals surface area contributed by atoms with Crippen LogP contribution in [0.5, 0.6) is 5.75 Å². The average molecular weight is 470 g/mol. The molecule has 0 fully saturated rings. The van der Waals surface area contributed by atoms with Crippen LogP contribution in [0, 0.1) is 0 Å². The van der Waals surface area contributed by atoms with Crippen molar-refractivity contribution in [3.8, 4) is 5.75 Å². The molecule has 34 heavy (non-hydrogen) atoms. The van der Waals surface area contributed by atoms with Crippen molar-refractivity contribution in [3.63, 3.8) is 0 Å². The van der Waals surface area contributed by atoms with Gasteiger partial charge in [0.15, 0.2) is 5.76 Å². The second-order valence-electron chi connectivity index (χ2n) is 7.80. The van der Waals surface area contributed by atoms with E-state index in [1.807, 2.05) is 84.9 Å². The summed E-state index contributed by atoms with van der Waals surface area (Å²) >= 11 is 0. The fourth-order valence-corrected chi connectivity index (χ4v) is 5.75. The molecule has 0 saturated heterocycles. The fourth-order valence-electron chi connectivity index (χ4n) is 4.06. The minimum Gasteiger partial charge on any atom is -0.497 e. The van der Waals surface area contributed by atoms with Crippen molar-refractivity contribution in [2.75, 3.05) is 12.2 Å². The summed E-state index contributed by atoms with van der Waals surface area (Å²) in [4.78, 5) is 6.79. The molecule has 0 spiro atoms. The average Bonchev–Trinajstić information content (AvgIpc) is 3.32. The lowest BCUT2D eigenvalue weighted by Crippen LogP contribution is -2.25. The second-order valence-corrected chi connectivity index (χ2v) is 9.72. The van der Waals surface area contributed by atoms with E-state index in [9.17, 15) is 8.42 Å². The van der Waals surface area contributed by atoms with Crippen molar-refractivity contribution >= 4 is 21.3 Å². The minimum atomic E-state index is -3.91. The number of ether oxygens (including phenoxy) is 1. The van der Waals surface area contributed by atoms with E-state index in [1.165, 1.54) is 0 Å². The molecule has 1 aliphatic rings. The highest BCUT2D eigenvalue weighted by molar-refractivity contribution is 7.95. The summed E-state index contributed by atoms with van der Waals surface area (Å²) in [5.41, 5.74) is 2.20. The molecular weight excluding hydrogens is 446 g/mol. The number of methoxy groups -OCH3 is 1.